The van der Waals surface area contributed by atoms with Crippen molar-refractivity contribution < 1.29 is 5.11 Å². The number of aliphatic hydroxyl groups is 1. The number of hydrogen-bond acceptors (Lipinski definition) is 4. The average Bonchev–Trinajstić information content (AvgIpc) is 2.36. The number of nitrogen functional groups attached to an aromatic ring is 2. The maximum atomic E-state index is 9.07. The lowest BCUT2D eigenvalue weighted by Gasteiger charge is -2.13. The lowest BCUT2D eigenvalue weighted by molar-refractivity contribution is 0.300. The molecule has 0 aliphatic rings. The quantitative estimate of drug-likeness (QED) is 0.620. The van der Waals surface area contributed by atoms with Gasteiger partial charge in [-0.05, 0) is 42.8 Å². The molecule has 2 rings (SSSR count). The molecule has 0 radical (unpaired) electrons. The van der Waals surface area contributed by atoms with E-state index < -0.39 is 0 Å². The van der Waals surface area contributed by atoms with Crippen molar-refractivity contribution in [2.75, 3.05) is 23.4 Å². The van der Waals surface area contributed by atoms with Crippen LogP contribution in [0.15, 0.2) is 42.5 Å². The van der Waals surface area contributed by atoms with Gasteiger partial charge in [0.05, 0.1) is 0 Å². The monoisotopic (exact) mass is 243 g/mol. The summed E-state index contributed by atoms with van der Waals surface area (Å²) in [5.74, 6) is 0. The van der Waals surface area contributed by atoms with Crippen molar-refractivity contribution in [3.8, 4) is 0 Å². The van der Waals surface area contributed by atoms with Gasteiger partial charge in [-0.1, -0.05) is 6.07 Å². The summed E-state index contributed by atoms with van der Waals surface area (Å²) in [4.78, 5) is 0. The zero-order valence-electron chi connectivity index (χ0n) is 10.1. The Kier molecular flexibility index (Phi) is 3.69. The molecule has 0 bridgehead atoms. The third kappa shape index (κ3) is 2.73. The van der Waals surface area contributed by atoms with E-state index >= 15 is 0 Å². The van der Waals surface area contributed by atoms with Crippen LogP contribution in [-0.2, 0) is 6.42 Å². The fourth-order valence-corrected chi connectivity index (χ4v) is 1.83. The van der Waals surface area contributed by atoms with E-state index in [9.17, 15) is 0 Å². The van der Waals surface area contributed by atoms with E-state index in [-0.39, 0.29) is 6.61 Å². The molecule has 0 saturated heterocycles. The summed E-state index contributed by atoms with van der Waals surface area (Å²) in [7, 11) is 0. The van der Waals surface area contributed by atoms with E-state index in [1.165, 1.54) is 0 Å². The molecular formula is C14H17N3O. The van der Waals surface area contributed by atoms with E-state index in [0.717, 1.165) is 22.6 Å². The van der Waals surface area contributed by atoms with Crippen molar-refractivity contribution in [3.63, 3.8) is 0 Å². The number of nitrogens with one attached hydrogen (secondary N) is 1. The molecule has 2 aromatic rings. The van der Waals surface area contributed by atoms with Crippen LogP contribution in [0.5, 0.6) is 0 Å². The van der Waals surface area contributed by atoms with Gasteiger partial charge in [-0.2, -0.15) is 0 Å². The summed E-state index contributed by atoms with van der Waals surface area (Å²) < 4.78 is 0. The maximum absolute atomic E-state index is 9.07. The van der Waals surface area contributed by atoms with Gasteiger partial charge in [0.2, 0.25) is 0 Å². The topological polar surface area (TPSA) is 84.3 Å². The second-order valence-corrected chi connectivity index (χ2v) is 4.09. The van der Waals surface area contributed by atoms with Gasteiger partial charge >= 0.3 is 0 Å². The fraction of sp³-hybridized carbons (Fsp3) is 0.143. The molecule has 2 aromatic carbocycles. The predicted octanol–water partition coefficient (Wildman–Crippen LogP) is 2.13. The van der Waals surface area contributed by atoms with E-state index in [2.05, 4.69) is 5.32 Å². The molecule has 0 aliphatic heterocycles. The molecule has 18 heavy (non-hydrogen) atoms. The van der Waals surface area contributed by atoms with Crippen molar-refractivity contribution in [1.29, 1.82) is 0 Å². The molecule has 0 spiro atoms. The Labute approximate surface area is 106 Å². The third-order valence-electron chi connectivity index (χ3n) is 2.76. The van der Waals surface area contributed by atoms with Crippen LogP contribution in [0.1, 0.15) is 5.56 Å². The average molecular weight is 243 g/mol. The molecule has 94 valence electrons. The summed E-state index contributed by atoms with van der Waals surface area (Å²) >= 11 is 0. The molecular weight excluding hydrogens is 226 g/mol. The van der Waals surface area contributed by atoms with Crippen LogP contribution < -0.4 is 16.8 Å². The van der Waals surface area contributed by atoms with Crippen molar-refractivity contribution >= 4 is 22.7 Å². The number of nitrogens with two attached hydrogens (primary N) is 2. The van der Waals surface area contributed by atoms with Gasteiger partial charge < -0.3 is 21.9 Å². The summed E-state index contributed by atoms with van der Waals surface area (Å²) in [5, 5.41) is 12.3. The van der Waals surface area contributed by atoms with Crippen LogP contribution in [0, 0.1) is 0 Å². The molecule has 0 heterocycles. The van der Waals surface area contributed by atoms with Crippen LogP contribution in [0.3, 0.4) is 0 Å². The van der Waals surface area contributed by atoms with Crippen LogP contribution in [0.2, 0.25) is 0 Å². The molecule has 0 fully saturated rings. The standard InChI is InChI=1S/C14H17N3O/c15-10-4-6-11(7-5-10)17-14-3-1-2-13(16)12(14)8-9-18/h1-7,17-18H,8-9,15-16H2. The summed E-state index contributed by atoms with van der Waals surface area (Å²) in [6.07, 6.45) is 0.532. The van der Waals surface area contributed by atoms with Gasteiger partial charge in [0.1, 0.15) is 0 Å². The predicted molar refractivity (Wildman–Crippen MR) is 75.8 cm³/mol. The first kappa shape index (κ1) is 12.3. The highest BCUT2D eigenvalue weighted by atomic mass is 16.2. The van der Waals surface area contributed by atoms with Crippen molar-refractivity contribution in [1.82, 2.24) is 0 Å². The Morgan fingerprint density at radius 1 is 1.00 bits per heavy atom. The molecule has 0 aromatic heterocycles. The van der Waals surface area contributed by atoms with E-state index in [0.29, 0.717) is 12.1 Å². The lowest BCUT2D eigenvalue weighted by atomic mass is 10.1. The molecule has 0 atom stereocenters. The molecule has 0 amide bonds. The highest BCUT2D eigenvalue weighted by Gasteiger charge is 2.05. The zero-order valence-corrected chi connectivity index (χ0v) is 10.1. The minimum absolute atomic E-state index is 0.0740. The SMILES string of the molecule is Nc1ccc(Nc2cccc(N)c2CCO)cc1. The van der Waals surface area contributed by atoms with Crippen molar-refractivity contribution in [2.45, 2.75) is 6.42 Å². The molecule has 4 heteroatoms. The molecule has 0 saturated carbocycles. The first-order valence-corrected chi connectivity index (χ1v) is 5.81. The number of hydrogen-bond donors (Lipinski definition) is 4. The van der Waals surface area contributed by atoms with E-state index in [1.54, 1.807) is 0 Å². The first-order valence-electron chi connectivity index (χ1n) is 5.81. The lowest BCUT2D eigenvalue weighted by Crippen LogP contribution is -2.03. The number of benzene rings is 2. The van der Waals surface area contributed by atoms with Crippen molar-refractivity contribution in [3.05, 3.63) is 48.0 Å². The maximum Gasteiger partial charge on any atom is 0.0473 e. The fourth-order valence-electron chi connectivity index (χ4n) is 1.83. The summed E-state index contributed by atoms with van der Waals surface area (Å²) in [6, 6.07) is 13.1. The van der Waals surface area contributed by atoms with Crippen LogP contribution in [0.25, 0.3) is 0 Å². The Balaban J connectivity index is 2.28. The smallest absolute Gasteiger partial charge is 0.0473 e. The molecule has 4 nitrogen and oxygen atoms in total. The highest BCUT2D eigenvalue weighted by molar-refractivity contribution is 5.70. The van der Waals surface area contributed by atoms with Gasteiger partial charge in [0, 0.05) is 34.9 Å². The number of anilines is 4. The van der Waals surface area contributed by atoms with Crippen LogP contribution in [0.4, 0.5) is 22.7 Å². The second kappa shape index (κ2) is 5.42. The Hall–Kier alpha value is -2.20. The van der Waals surface area contributed by atoms with E-state index in [1.807, 2.05) is 42.5 Å². The normalized spacial score (nSPS) is 10.3. The second-order valence-electron chi connectivity index (χ2n) is 4.09. The first-order chi connectivity index (χ1) is 8.70. The number of aliphatic hydroxyl groups excluding tert-OH is 1. The Morgan fingerprint density at radius 3 is 2.39 bits per heavy atom. The van der Waals surface area contributed by atoms with Crippen LogP contribution >= 0.6 is 0 Å². The molecule has 0 unspecified atom stereocenters. The number of rotatable bonds is 4. The van der Waals surface area contributed by atoms with Crippen LogP contribution in [-0.4, -0.2) is 11.7 Å². The van der Waals surface area contributed by atoms with Gasteiger partial charge in [-0.15, -0.1) is 0 Å². The Morgan fingerprint density at radius 2 is 1.72 bits per heavy atom. The van der Waals surface area contributed by atoms with Gasteiger partial charge in [-0.25, -0.2) is 0 Å². The third-order valence-corrected chi connectivity index (χ3v) is 2.76. The van der Waals surface area contributed by atoms with Gasteiger partial charge in [0.25, 0.3) is 0 Å². The minimum atomic E-state index is 0.0740. The zero-order chi connectivity index (χ0) is 13.0. The molecule has 6 N–H and O–H groups in total. The molecule has 0 aliphatic carbocycles. The minimum Gasteiger partial charge on any atom is -0.399 e. The highest BCUT2D eigenvalue weighted by Crippen LogP contribution is 2.26. The van der Waals surface area contributed by atoms with E-state index in [4.69, 9.17) is 16.6 Å². The Bertz CT molecular complexity index is 523. The van der Waals surface area contributed by atoms with Gasteiger partial charge in [-0.3, -0.25) is 0 Å². The summed E-state index contributed by atoms with van der Waals surface area (Å²) in [5.41, 5.74) is 15.7. The van der Waals surface area contributed by atoms with Gasteiger partial charge in [0.15, 0.2) is 0 Å². The summed E-state index contributed by atoms with van der Waals surface area (Å²) in [6.45, 7) is 0.0740. The van der Waals surface area contributed by atoms with Crippen molar-refractivity contribution in [2.24, 2.45) is 0 Å². The largest absolute Gasteiger partial charge is 0.399 e.